The molecule has 1 unspecified atom stereocenters. The molecule has 0 saturated carbocycles. The predicted molar refractivity (Wildman–Crippen MR) is 63.1 cm³/mol. The molecule has 0 aromatic heterocycles. The van der Waals surface area contributed by atoms with E-state index >= 15 is 0 Å². The lowest BCUT2D eigenvalue weighted by Gasteiger charge is -2.13. The first kappa shape index (κ1) is 14.0. The van der Waals surface area contributed by atoms with Gasteiger partial charge >= 0.3 is 0 Å². The molecule has 0 radical (unpaired) electrons. The zero-order valence-corrected chi connectivity index (χ0v) is 9.75. The topological polar surface area (TPSA) is 55.1 Å². The Morgan fingerprint density at radius 1 is 1.47 bits per heavy atom. The average molecular weight is 210 g/mol. The number of amides is 1. The van der Waals surface area contributed by atoms with Gasteiger partial charge in [-0.3, -0.25) is 4.79 Å². The molecule has 1 atom stereocenters. The zero-order valence-electron chi connectivity index (χ0n) is 9.75. The fourth-order valence-corrected chi connectivity index (χ4v) is 1.31. The van der Waals surface area contributed by atoms with E-state index < -0.39 is 0 Å². The molecule has 0 spiro atoms. The lowest BCUT2D eigenvalue weighted by Crippen LogP contribution is -2.41. The number of nitrogens with one attached hydrogen (secondary N) is 1. The van der Waals surface area contributed by atoms with Crippen LogP contribution in [0.15, 0.2) is 0 Å². The molecule has 0 aromatic carbocycles. The molecule has 3 N–H and O–H groups in total. The quantitative estimate of drug-likeness (QED) is 0.491. The summed E-state index contributed by atoms with van der Waals surface area (Å²) in [5, 5.41) is 2.81. The first-order chi connectivity index (χ1) is 7.07. The molecule has 3 heteroatoms. The van der Waals surface area contributed by atoms with Crippen LogP contribution >= 0.6 is 0 Å². The summed E-state index contributed by atoms with van der Waals surface area (Å²) in [6.45, 7) is 4.78. The third-order valence-corrected chi connectivity index (χ3v) is 2.11. The lowest BCUT2D eigenvalue weighted by molar-refractivity contribution is -0.122. The van der Waals surface area contributed by atoms with Crippen LogP contribution in [0.1, 0.15) is 39.5 Å². The Balaban J connectivity index is 3.52. The SMILES string of the molecule is C#CCCCCNC(=O)C(N)CC(C)C. The first-order valence-corrected chi connectivity index (χ1v) is 5.54. The van der Waals surface area contributed by atoms with Gasteiger partial charge in [0.2, 0.25) is 5.91 Å². The van der Waals surface area contributed by atoms with E-state index in [-0.39, 0.29) is 11.9 Å². The van der Waals surface area contributed by atoms with Gasteiger partial charge in [0.1, 0.15) is 0 Å². The largest absolute Gasteiger partial charge is 0.355 e. The number of carbonyl (C=O) groups is 1. The average Bonchev–Trinajstić information content (AvgIpc) is 2.16. The van der Waals surface area contributed by atoms with E-state index in [9.17, 15) is 4.79 Å². The Hall–Kier alpha value is -1.01. The fourth-order valence-electron chi connectivity index (χ4n) is 1.31. The maximum absolute atomic E-state index is 11.4. The molecule has 86 valence electrons. The Morgan fingerprint density at radius 2 is 2.13 bits per heavy atom. The van der Waals surface area contributed by atoms with Crippen LogP contribution in [0.4, 0.5) is 0 Å². The number of unbranched alkanes of at least 4 members (excludes halogenated alkanes) is 2. The van der Waals surface area contributed by atoms with E-state index in [4.69, 9.17) is 12.2 Å². The normalized spacial score (nSPS) is 12.2. The van der Waals surface area contributed by atoms with Gasteiger partial charge < -0.3 is 11.1 Å². The first-order valence-electron chi connectivity index (χ1n) is 5.54. The van der Waals surface area contributed by atoms with Crippen LogP contribution in [0, 0.1) is 18.3 Å². The van der Waals surface area contributed by atoms with E-state index in [0.29, 0.717) is 12.5 Å². The molecule has 0 heterocycles. The number of hydrogen-bond donors (Lipinski definition) is 2. The predicted octanol–water partition coefficient (Wildman–Crippen LogP) is 1.28. The van der Waals surface area contributed by atoms with Crippen molar-refractivity contribution in [3.05, 3.63) is 0 Å². The summed E-state index contributed by atoms with van der Waals surface area (Å²) in [6, 6.07) is -0.377. The van der Waals surface area contributed by atoms with Crippen LogP contribution in [0.2, 0.25) is 0 Å². The minimum absolute atomic E-state index is 0.0515. The van der Waals surface area contributed by atoms with Gasteiger partial charge in [-0.2, -0.15) is 0 Å². The summed E-state index contributed by atoms with van der Waals surface area (Å²) in [5.74, 6) is 2.97. The van der Waals surface area contributed by atoms with Crippen LogP contribution in [0.25, 0.3) is 0 Å². The Kier molecular flexibility index (Phi) is 7.75. The Labute approximate surface area is 92.8 Å². The second kappa shape index (κ2) is 8.31. The highest BCUT2D eigenvalue weighted by atomic mass is 16.2. The molecule has 0 aliphatic rings. The molecule has 0 rings (SSSR count). The van der Waals surface area contributed by atoms with Crippen LogP contribution < -0.4 is 11.1 Å². The lowest BCUT2D eigenvalue weighted by atomic mass is 10.0. The molecule has 15 heavy (non-hydrogen) atoms. The van der Waals surface area contributed by atoms with Crippen LogP contribution in [0.5, 0.6) is 0 Å². The molecule has 0 aromatic rings. The number of carbonyl (C=O) groups excluding carboxylic acids is 1. The third-order valence-electron chi connectivity index (χ3n) is 2.11. The van der Waals surface area contributed by atoms with Crippen molar-refractivity contribution in [2.75, 3.05) is 6.54 Å². The summed E-state index contributed by atoms with van der Waals surface area (Å²) < 4.78 is 0. The van der Waals surface area contributed by atoms with E-state index in [2.05, 4.69) is 25.1 Å². The van der Waals surface area contributed by atoms with Crippen molar-refractivity contribution in [1.29, 1.82) is 0 Å². The van der Waals surface area contributed by atoms with E-state index in [1.54, 1.807) is 0 Å². The van der Waals surface area contributed by atoms with Gasteiger partial charge in [-0.15, -0.1) is 12.3 Å². The Morgan fingerprint density at radius 3 is 2.67 bits per heavy atom. The maximum atomic E-state index is 11.4. The highest BCUT2D eigenvalue weighted by Gasteiger charge is 2.13. The monoisotopic (exact) mass is 210 g/mol. The van der Waals surface area contributed by atoms with Crippen LogP contribution in [-0.2, 0) is 4.79 Å². The van der Waals surface area contributed by atoms with Gasteiger partial charge in [0.15, 0.2) is 0 Å². The van der Waals surface area contributed by atoms with E-state index in [1.165, 1.54) is 0 Å². The number of nitrogens with two attached hydrogens (primary N) is 1. The third kappa shape index (κ3) is 8.02. The second-order valence-electron chi connectivity index (χ2n) is 4.19. The zero-order chi connectivity index (χ0) is 11.7. The van der Waals surface area contributed by atoms with Crippen LogP contribution in [-0.4, -0.2) is 18.5 Å². The van der Waals surface area contributed by atoms with Gasteiger partial charge in [-0.25, -0.2) is 0 Å². The number of terminal acetylenes is 1. The van der Waals surface area contributed by atoms with Crippen molar-refractivity contribution in [1.82, 2.24) is 5.32 Å². The van der Waals surface area contributed by atoms with Gasteiger partial charge in [-0.05, 0) is 25.2 Å². The highest BCUT2D eigenvalue weighted by Crippen LogP contribution is 2.02. The van der Waals surface area contributed by atoms with Gasteiger partial charge in [0.05, 0.1) is 6.04 Å². The summed E-state index contributed by atoms with van der Waals surface area (Å²) in [4.78, 5) is 11.4. The van der Waals surface area contributed by atoms with E-state index in [1.807, 2.05) is 0 Å². The second-order valence-corrected chi connectivity index (χ2v) is 4.19. The summed E-state index contributed by atoms with van der Waals surface area (Å²) in [7, 11) is 0. The standard InChI is InChI=1S/C12H22N2O/c1-4-5-6-7-8-14-12(15)11(13)9-10(2)3/h1,10-11H,5-9,13H2,2-3H3,(H,14,15). The van der Waals surface area contributed by atoms with Gasteiger partial charge in [0.25, 0.3) is 0 Å². The highest BCUT2D eigenvalue weighted by molar-refractivity contribution is 5.81. The number of hydrogen-bond acceptors (Lipinski definition) is 2. The molecule has 0 saturated heterocycles. The van der Waals surface area contributed by atoms with Crippen molar-refractivity contribution in [2.24, 2.45) is 11.7 Å². The van der Waals surface area contributed by atoms with E-state index in [0.717, 1.165) is 25.7 Å². The molecule has 0 aliphatic carbocycles. The van der Waals surface area contributed by atoms with Crippen molar-refractivity contribution >= 4 is 5.91 Å². The molecule has 0 bridgehead atoms. The minimum atomic E-state index is -0.377. The summed E-state index contributed by atoms with van der Waals surface area (Å²) in [5.41, 5.74) is 5.71. The van der Waals surface area contributed by atoms with Crippen molar-refractivity contribution in [2.45, 2.75) is 45.6 Å². The molecule has 0 fully saturated rings. The summed E-state index contributed by atoms with van der Waals surface area (Å²) >= 11 is 0. The molecule has 3 nitrogen and oxygen atoms in total. The fraction of sp³-hybridized carbons (Fsp3) is 0.750. The van der Waals surface area contributed by atoms with Gasteiger partial charge in [-0.1, -0.05) is 13.8 Å². The summed E-state index contributed by atoms with van der Waals surface area (Å²) in [6.07, 6.45) is 8.50. The van der Waals surface area contributed by atoms with Crippen molar-refractivity contribution in [3.63, 3.8) is 0 Å². The minimum Gasteiger partial charge on any atom is -0.355 e. The molecular formula is C12H22N2O. The van der Waals surface area contributed by atoms with Crippen molar-refractivity contribution < 1.29 is 4.79 Å². The molecule has 1 amide bonds. The smallest absolute Gasteiger partial charge is 0.236 e. The molecule has 0 aliphatic heterocycles. The number of rotatable bonds is 7. The van der Waals surface area contributed by atoms with Crippen molar-refractivity contribution in [3.8, 4) is 12.3 Å². The van der Waals surface area contributed by atoms with Gasteiger partial charge in [0, 0.05) is 13.0 Å². The maximum Gasteiger partial charge on any atom is 0.236 e. The Bertz CT molecular complexity index is 218. The molecular weight excluding hydrogens is 188 g/mol. The van der Waals surface area contributed by atoms with Crippen LogP contribution in [0.3, 0.4) is 0 Å².